The summed E-state index contributed by atoms with van der Waals surface area (Å²) >= 11 is 3.50. The molecule has 0 aromatic carbocycles. The summed E-state index contributed by atoms with van der Waals surface area (Å²) in [6.07, 6.45) is 6.14. The van der Waals surface area contributed by atoms with E-state index in [4.69, 9.17) is 0 Å². The molecule has 2 saturated carbocycles. The molecule has 0 aromatic rings. The summed E-state index contributed by atoms with van der Waals surface area (Å²) < 4.78 is 0. The smallest absolute Gasteiger partial charge is 0.0545 e. The normalized spacial score (nSPS) is 45.5. The van der Waals surface area contributed by atoms with Gasteiger partial charge in [0.1, 0.15) is 0 Å². The summed E-state index contributed by atoms with van der Waals surface area (Å²) in [6, 6.07) is 0. The molecule has 4 atom stereocenters. The van der Waals surface area contributed by atoms with Gasteiger partial charge < -0.3 is 5.11 Å². The zero-order valence-electron chi connectivity index (χ0n) is 9.67. The Hall–Kier alpha value is 0.180. The van der Waals surface area contributed by atoms with Gasteiger partial charge in [-0.05, 0) is 61.3 Å². The van der Waals surface area contributed by atoms with Crippen molar-refractivity contribution in [3.05, 3.63) is 10.6 Å². The Labute approximate surface area is 101 Å². The van der Waals surface area contributed by atoms with Crippen molar-refractivity contribution < 1.29 is 5.11 Å². The largest absolute Gasteiger partial charge is 0.393 e. The van der Waals surface area contributed by atoms with Crippen LogP contribution in [0.5, 0.6) is 0 Å². The van der Waals surface area contributed by atoms with Crippen LogP contribution in [0.1, 0.15) is 46.0 Å². The Morgan fingerprint density at radius 3 is 2.87 bits per heavy atom. The van der Waals surface area contributed by atoms with E-state index in [1.54, 1.807) is 5.57 Å². The molecule has 0 radical (unpaired) electrons. The predicted octanol–water partition coefficient (Wildman–Crippen LogP) is 3.86. The fraction of sp³-hybridized carbons (Fsp3) is 0.846. The van der Waals surface area contributed by atoms with Gasteiger partial charge in [-0.2, -0.15) is 0 Å². The molecule has 2 aliphatic carbocycles. The minimum atomic E-state index is -0.144. The van der Waals surface area contributed by atoms with Gasteiger partial charge in [0.2, 0.25) is 0 Å². The molecule has 2 heteroatoms. The Morgan fingerprint density at radius 1 is 1.53 bits per heavy atom. The molecule has 0 spiro atoms. The van der Waals surface area contributed by atoms with Gasteiger partial charge >= 0.3 is 0 Å². The van der Waals surface area contributed by atoms with Gasteiger partial charge in [-0.1, -0.05) is 28.4 Å². The average Bonchev–Trinajstić information content (AvgIpc) is 2.54. The maximum atomic E-state index is 9.88. The van der Waals surface area contributed by atoms with Crippen LogP contribution in [0.15, 0.2) is 10.6 Å². The van der Waals surface area contributed by atoms with Gasteiger partial charge in [0, 0.05) is 0 Å². The lowest BCUT2D eigenvalue weighted by Gasteiger charge is -2.43. The number of rotatable bonds is 1. The molecule has 0 aromatic heterocycles. The van der Waals surface area contributed by atoms with Crippen molar-refractivity contribution in [1.82, 2.24) is 0 Å². The summed E-state index contributed by atoms with van der Waals surface area (Å²) in [5.74, 6) is 1.22. The molecule has 0 bridgehead atoms. The van der Waals surface area contributed by atoms with Gasteiger partial charge in [0.05, 0.1) is 6.10 Å². The van der Waals surface area contributed by atoms with Gasteiger partial charge in [-0.25, -0.2) is 0 Å². The number of hydrogen-bond donors (Lipinski definition) is 1. The minimum absolute atomic E-state index is 0.144. The van der Waals surface area contributed by atoms with Crippen molar-refractivity contribution in [2.24, 2.45) is 17.3 Å². The van der Waals surface area contributed by atoms with Crippen LogP contribution in [0, 0.1) is 17.3 Å². The highest BCUT2D eigenvalue weighted by Crippen LogP contribution is 2.58. The van der Waals surface area contributed by atoms with Gasteiger partial charge in [0.25, 0.3) is 0 Å². The van der Waals surface area contributed by atoms with Crippen LogP contribution < -0.4 is 0 Å². The molecule has 0 amide bonds. The molecule has 2 aliphatic rings. The van der Waals surface area contributed by atoms with Crippen molar-refractivity contribution in [2.75, 3.05) is 0 Å². The lowest BCUT2D eigenvalue weighted by molar-refractivity contribution is 0.0303. The molecular formula is C13H21BrO. The molecule has 0 aliphatic heterocycles. The van der Waals surface area contributed by atoms with Gasteiger partial charge in [-0.3, -0.25) is 0 Å². The quantitative estimate of drug-likeness (QED) is 0.769. The van der Waals surface area contributed by atoms with E-state index in [9.17, 15) is 5.11 Å². The van der Waals surface area contributed by atoms with Crippen molar-refractivity contribution in [3.8, 4) is 0 Å². The highest BCUT2D eigenvalue weighted by Gasteiger charge is 2.50. The second-order valence-electron chi connectivity index (χ2n) is 5.52. The molecule has 1 nitrogen and oxygen atoms in total. The van der Waals surface area contributed by atoms with Crippen LogP contribution in [0.4, 0.5) is 0 Å². The van der Waals surface area contributed by atoms with Gasteiger partial charge in [0.15, 0.2) is 0 Å². The second-order valence-corrected chi connectivity index (χ2v) is 5.98. The van der Waals surface area contributed by atoms with E-state index in [0.717, 1.165) is 0 Å². The van der Waals surface area contributed by atoms with Crippen molar-refractivity contribution in [1.29, 1.82) is 0 Å². The lowest BCUT2D eigenvalue weighted by Crippen LogP contribution is -2.37. The number of aliphatic hydroxyl groups excluding tert-OH is 1. The fourth-order valence-electron chi connectivity index (χ4n) is 4.00. The Bertz CT molecular complexity index is 272. The highest BCUT2D eigenvalue weighted by atomic mass is 79.9. The highest BCUT2D eigenvalue weighted by molar-refractivity contribution is 9.11. The van der Waals surface area contributed by atoms with E-state index >= 15 is 0 Å². The second kappa shape index (κ2) is 4.21. The summed E-state index contributed by atoms with van der Waals surface area (Å²) in [5, 5.41) is 9.88. The molecule has 15 heavy (non-hydrogen) atoms. The van der Waals surface area contributed by atoms with Crippen molar-refractivity contribution in [3.63, 3.8) is 0 Å². The zero-order valence-corrected chi connectivity index (χ0v) is 11.3. The summed E-state index contributed by atoms with van der Waals surface area (Å²) in [6.45, 7) is 4.35. The number of fused-ring (bicyclic) bond motifs is 1. The molecule has 0 heterocycles. The molecule has 2 fully saturated rings. The minimum Gasteiger partial charge on any atom is -0.393 e. The Balaban J connectivity index is 2.27. The maximum absolute atomic E-state index is 9.88. The Kier molecular flexibility index (Phi) is 3.27. The molecule has 86 valence electrons. The summed E-state index contributed by atoms with van der Waals surface area (Å²) in [5.41, 5.74) is 1.93. The van der Waals surface area contributed by atoms with E-state index in [1.807, 2.05) is 6.92 Å². The summed E-state index contributed by atoms with van der Waals surface area (Å²) in [7, 11) is 0. The first-order valence-corrected chi connectivity index (χ1v) is 6.98. The molecule has 1 N–H and O–H groups in total. The van der Waals surface area contributed by atoms with E-state index in [2.05, 4.69) is 27.8 Å². The molecule has 0 saturated heterocycles. The van der Waals surface area contributed by atoms with E-state index in [1.165, 1.54) is 32.1 Å². The van der Waals surface area contributed by atoms with Crippen LogP contribution in [-0.2, 0) is 0 Å². The zero-order chi connectivity index (χ0) is 11.1. The number of allylic oxidation sites excluding steroid dienone is 1. The predicted molar refractivity (Wildman–Crippen MR) is 66.9 cm³/mol. The van der Waals surface area contributed by atoms with Crippen LogP contribution in [0.25, 0.3) is 0 Å². The maximum Gasteiger partial charge on any atom is 0.0545 e. The third-order valence-corrected chi connectivity index (χ3v) is 5.35. The number of hydrogen-bond acceptors (Lipinski definition) is 1. The first kappa shape index (κ1) is 11.7. The number of aliphatic hydroxyl groups is 1. The van der Waals surface area contributed by atoms with E-state index in [0.29, 0.717) is 17.3 Å². The number of halogens is 1. The standard InChI is InChI=1S/C13H21BrO/c1-9(15)11-5-6-12-10(8-14)4-3-7-13(11,12)2/h8-9,11-12,15H,3-7H2,1-2H3/t9-,11+,12?,13+/m0/s1. The van der Waals surface area contributed by atoms with Crippen LogP contribution >= 0.6 is 15.9 Å². The molecule has 2 rings (SSSR count). The topological polar surface area (TPSA) is 20.2 Å². The van der Waals surface area contributed by atoms with Gasteiger partial charge in [-0.15, -0.1) is 0 Å². The van der Waals surface area contributed by atoms with Crippen molar-refractivity contribution >= 4 is 15.9 Å². The summed E-state index contributed by atoms with van der Waals surface area (Å²) in [4.78, 5) is 2.14. The third kappa shape index (κ3) is 1.80. The van der Waals surface area contributed by atoms with E-state index in [-0.39, 0.29) is 6.10 Å². The van der Waals surface area contributed by atoms with Crippen LogP contribution in [-0.4, -0.2) is 11.2 Å². The fourth-order valence-corrected chi connectivity index (χ4v) is 4.55. The molecular weight excluding hydrogens is 252 g/mol. The SMILES string of the molecule is C[C@H](O)[C@H]1CCC2C(=CBr)CCC[C@@]21C. The third-order valence-electron chi connectivity index (χ3n) is 4.76. The Morgan fingerprint density at radius 2 is 2.27 bits per heavy atom. The molecule has 1 unspecified atom stereocenters. The first-order valence-electron chi connectivity index (χ1n) is 6.07. The van der Waals surface area contributed by atoms with Crippen LogP contribution in [0.2, 0.25) is 0 Å². The lowest BCUT2D eigenvalue weighted by atomic mass is 9.63. The monoisotopic (exact) mass is 272 g/mol. The first-order chi connectivity index (χ1) is 7.09. The average molecular weight is 273 g/mol. The van der Waals surface area contributed by atoms with E-state index < -0.39 is 0 Å². The van der Waals surface area contributed by atoms with Crippen LogP contribution in [0.3, 0.4) is 0 Å². The van der Waals surface area contributed by atoms with Crippen molar-refractivity contribution in [2.45, 2.75) is 52.1 Å².